The van der Waals surface area contributed by atoms with E-state index in [2.05, 4.69) is 9.80 Å². The van der Waals surface area contributed by atoms with Crippen LogP contribution in [-0.2, 0) is 16.0 Å². The fourth-order valence-corrected chi connectivity index (χ4v) is 4.32. The molecule has 158 valence electrons. The molecule has 2 aliphatic rings. The molecule has 6 heteroatoms. The van der Waals surface area contributed by atoms with E-state index in [9.17, 15) is 4.39 Å². The summed E-state index contributed by atoms with van der Waals surface area (Å²) in [4.78, 5) is 4.99. The van der Waals surface area contributed by atoms with Crippen LogP contribution in [0.15, 0.2) is 18.2 Å². The minimum Gasteiger partial charge on any atom is -0.494 e. The Hall–Kier alpha value is -1.21. The molecule has 0 amide bonds. The molecule has 2 aliphatic heterocycles. The molecule has 0 unspecified atom stereocenters. The minimum absolute atomic E-state index is 0.305. The van der Waals surface area contributed by atoms with Gasteiger partial charge in [0.25, 0.3) is 0 Å². The maximum absolute atomic E-state index is 13.8. The zero-order valence-corrected chi connectivity index (χ0v) is 17.4. The van der Waals surface area contributed by atoms with E-state index in [1.165, 1.54) is 26.0 Å². The first-order chi connectivity index (χ1) is 13.7. The first-order valence-electron chi connectivity index (χ1n) is 10.6. The lowest BCUT2D eigenvalue weighted by molar-refractivity contribution is 0.0551. The van der Waals surface area contributed by atoms with E-state index in [4.69, 9.17) is 14.2 Å². The maximum atomic E-state index is 13.8. The highest BCUT2D eigenvalue weighted by Crippen LogP contribution is 2.24. The Bertz CT molecular complexity index is 587. The van der Waals surface area contributed by atoms with Crippen LogP contribution in [0.2, 0.25) is 0 Å². The largest absolute Gasteiger partial charge is 0.494 e. The maximum Gasteiger partial charge on any atom is 0.165 e. The monoisotopic (exact) mass is 394 g/mol. The van der Waals surface area contributed by atoms with Crippen LogP contribution in [0.1, 0.15) is 31.2 Å². The molecule has 1 aromatic carbocycles. The molecule has 0 aliphatic carbocycles. The van der Waals surface area contributed by atoms with Crippen molar-refractivity contribution in [1.29, 1.82) is 0 Å². The van der Waals surface area contributed by atoms with Gasteiger partial charge in [-0.15, -0.1) is 0 Å². The molecular formula is C22H35FN2O3. The molecule has 5 nitrogen and oxygen atoms in total. The zero-order chi connectivity index (χ0) is 19.8. The van der Waals surface area contributed by atoms with Gasteiger partial charge in [0, 0.05) is 39.9 Å². The Balaban J connectivity index is 1.57. The molecule has 0 saturated carbocycles. The van der Waals surface area contributed by atoms with Gasteiger partial charge in [-0.05, 0) is 62.4 Å². The average molecular weight is 395 g/mol. The lowest BCUT2D eigenvalue weighted by atomic mass is 9.95. The SMILES string of the molecule is COCCN1CCC(CN(Cc2ccc(F)c(OC)c2)C[C@H]2CCCO2)CC1. The Morgan fingerprint density at radius 1 is 1.18 bits per heavy atom. The second-order valence-corrected chi connectivity index (χ2v) is 8.08. The van der Waals surface area contributed by atoms with Crippen LogP contribution in [0.5, 0.6) is 5.75 Å². The summed E-state index contributed by atoms with van der Waals surface area (Å²) in [6.45, 7) is 7.82. The lowest BCUT2D eigenvalue weighted by Crippen LogP contribution is -2.41. The highest BCUT2D eigenvalue weighted by molar-refractivity contribution is 5.30. The molecule has 0 N–H and O–H groups in total. The van der Waals surface area contributed by atoms with E-state index in [1.54, 1.807) is 7.11 Å². The zero-order valence-electron chi connectivity index (χ0n) is 17.4. The molecule has 2 fully saturated rings. The van der Waals surface area contributed by atoms with Crippen LogP contribution >= 0.6 is 0 Å². The van der Waals surface area contributed by atoms with Crippen LogP contribution in [0.4, 0.5) is 4.39 Å². The number of hydrogen-bond donors (Lipinski definition) is 0. The Morgan fingerprint density at radius 3 is 2.68 bits per heavy atom. The van der Waals surface area contributed by atoms with Crippen LogP contribution in [-0.4, -0.2) is 76.1 Å². The number of hydrogen-bond acceptors (Lipinski definition) is 5. The molecule has 2 saturated heterocycles. The van der Waals surface area contributed by atoms with Crippen LogP contribution < -0.4 is 4.74 Å². The van der Waals surface area contributed by atoms with E-state index in [0.717, 1.165) is 70.9 Å². The number of ether oxygens (including phenoxy) is 3. The number of nitrogens with zero attached hydrogens (tertiary/aromatic N) is 2. The Kier molecular flexibility index (Phi) is 8.52. The summed E-state index contributed by atoms with van der Waals surface area (Å²) in [7, 11) is 3.28. The summed E-state index contributed by atoms with van der Waals surface area (Å²) < 4.78 is 30.0. The lowest BCUT2D eigenvalue weighted by Gasteiger charge is -2.35. The quantitative estimate of drug-likeness (QED) is 0.609. The van der Waals surface area contributed by atoms with Gasteiger partial charge < -0.3 is 19.1 Å². The summed E-state index contributed by atoms with van der Waals surface area (Å²) >= 11 is 0. The van der Waals surface area contributed by atoms with Gasteiger partial charge >= 0.3 is 0 Å². The van der Waals surface area contributed by atoms with Crippen LogP contribution in [0, 0.1) is 11.7 Å². The third kappa shape index (κ3) is 6.41. The van der Waals surface area contributed by atoms with Crippen molar-refractivity contribution in [3.63, 3.8) is 0 Å². The number of rotatable bonds is 10. The number of piperidine rings is 1. The van der Waals surface area contributed by atoms with Gasteiger partial charge in [0.2, 0.25) is 0 Å². The fraction of sp³-hybridized carbons (Fsp3) is 0.727. The van der Waals surface area contributed by atoms with Crippen molar-refractivity contribution in [3.8, 4) is 5.75 Å². The molecule has 3 rings (SSSR count). The molecule has 1 aromatic rings. The topological polar surface area (TPSA) is 34.2 Å². The summed E-state index contributed by atoms with van der Waals surface area (Å²) in [5.74, 6) is 0.712. The van der Waals surface area contributed by atoms with Crippen molar-refractivity contribution in [2.45, 2.75) is 38.3 Å². The van der Waals surface area contributed by atoms with Crippen molar-refractivity contribution in [1.82, 2.24) is 9.80 Å². The van der Waals surface area contributed by atoms with E-state index >= 15 is 0 Å². The molecule has 1 atom stereocenters. The van der Waals surface area contributed by atoms with E-state index in [1.807, 2.05) is 12.1 Å². The number of likely N-dealkylation sites (tertiary alicyclic amines) is 1. The summed E-state index contributed by atoms with van der Waals surface area (Å²) in [6, 6.07) is 5.20. The predicted octanol–water partition coefficient (Wildman–Crippen LogP) is 3.17. The molecule has 0 radical (unpaired) electrons. The second kappa shape index (κ2) is 11.1. The number of halogens is 1. The smallest absolute Gasteiger partial charge is 0.165 e. The Labute approximate surface area is 168 Å². The molecule has 0 aromatic heterocycles. The first kappa shape index (κ1) is 21.5. The van der Waals surface area contributed by atoms with Crippen molar-refractivity contribution in [2.75, 3.05) is 60.2 Å². The third-order valence-electron chi connectivity index (χ3n) is 5.94. The first-order valence-corrected chi connectivity index (χ1v) is 10.6. The highest BCUT2D eigenvalue weighted by atomic mass is 19.1. The van der Waals surface area contributed by atoms with Crippen molar-refractivity contribution in [2.24, 2.45) is 5.92 Å². The Morgan fingerprint density at radius 2 is 2.00 bits per heavy atom. The van der Waals surface area contributed by atoms with Crippen LogP contribution in [0.25, 0.3) is 0 Å². The molecule has 2 heterocycles. The normalized spacial score (nSPS) is 21.5. The standard InChI is InChI=1S/C22H35FN2O3/c1-26-13-11-24-9-7-18(8-10-24)15-25(17-20-4-3-12-28-20)16-19-5-6-21(23)22(14-19)27-2/h5-6,14,18,20H,3-4,7-13,15-17H2,1-2H3/t20-/m1/s1. The minimum atomic E-state index is -0.305. The summed E-state index contributed by atoms with van der Waals surface area (Å²) in [6.07, 6.45) is 5.06. The fourth-order valence-electron chi connectivity index (χ4n) is 4.32. The third-order valence-corrected chi connectivity index (χ3v) is 5.94. The van der Waals surface area contributed by atoms with Gasteiger partial charge in [-0.1, -0.05) is 6.07 Å². The van der Waals surface area contributed by atoms with Crippen molar-refractivity contribution < 1.29 is 18.6 Å². The van der Waals surface area contributed by atoms with Gasteiger partial charge in [0.1, 0.15) is 0 Å². The number of benzene rings is 1. The van der Waals surface area contributed by atoms with Crippen molar-refractivity contribution in [3.05, 3.63) is 29.6 Å². The van der Waals surface area contributed by atoms with Crippen LogP contribution in [0.3, 0.4) is 0 Å². The molecule has 0 bridgehead atoms. The van der Waals surface area contributed by atoms with Gasteiger partial charge in [-0.3, -0.25) is 4.90 Å². The summed E-state index contributed by atoms with van der Waals surface area (Å²) in [5.41, 5.74) is 1.09. The predicted molar refractivity (Wildman–Crippen MR) is 108 cm³/mol. The van der Waals surface area contributed by atoms with E-state index < -0.39 is 0 Å². The molecule has 28 heavy (non-hydrogen) atoms. The van der Waals surface area contributed by atoms with Gasteiger partial charge in [-0.25, -0.2) is 4.39 Å². The highest BCUT2D eigenvalue weighted by Gasteiger charge is 2.25. The summed E-state index contributed by atoms with van der Waals surface area (Å²) in [5, 5.41) is 0. The van der Waals surface area contributed by atoms with Gasteiger partial charge in [0.15, 0.2) is 11.6 Å². The van der Waals surface area contributed by atoms with Crippen molar-refractivity contribution >= 4 is 0 Å². The molecular weight excluding hydrogens is 359 g/mol. The van der Waals surface area contributed by atoms with Gasteiger partial charge in [-0.2, -0.15) is 0 Å². The molecule has 0 spiro atoms. The van der Waals surface area contributed by atoms with Gasteiger partial charge in [0.05, 0.1) is 19.8 Å². The van der Waals surface area contributed by atoms with E-state index in [-0.39, 0.29) is 5.82 Å². The average Bonchev–Trinajstić information content (AvgIpc) is 3.22. The second-order valence-electron chi connectivity index (χ2n) is 8.08. The van der Waals surface area contributed by atoms with E-state index in [0.29, 0.717) is 17.8 Å². The number of methoxy groups -OCH3 is 2.